The Balaban J connectivity index is 2.13. The molecule has 1 fully saturated rings. The van der Waals surface area contributed by atoms with Crippen molar-refractivity contribution in [1.29, 1.82) is 0 Å². The lowest BCUT2D eigenvalue weighted by molar-refractivity contribution is 0.0499. The van der Waals surface area contributed by atoms with E-state index in [0.29, 0.717) is 16.3 Å². The second-order valence-corrected chi connectivity index (χ2v) is 6.56. The minimum absolute atomic E-state index is 0.0173. The minimum atomic E-state index is 0.0173. The SMILES string of the molecule is CC1COC(c2cc(Cl)sc2Cl)CNC1C. The normalized spacial score (nSPS) is 31.4. The summed E-state index contributed by atoms with van der Waals surface area (Å²) in [5.74, 6) is 0.512. The van der Waals surface area contributed by atoms with Crippen molar-refractivity contribution in [3.8, 4) is 0 Å². The highest BCUT2D eigenvalue weighted by Crippen LogP contribution is 2.37. The molecule has 3 atom stereocenters. The summed E-state index contributed by atoms with van der Waals surface area (Å²) in [5.41, 5.74) is 1.01. The van der Waals surface area contributed by atoms with E-state index in [1.165, 1.54) is 11.3 Å². The van der Waals surface area contributed by atoms with Gasteiger partial charge in [0.2, 0.25) is 0 Å². The van der Waals surface area contributed by atoms with Gasteiger partial charge in [-0.2, -0.15) is 0 Å². The third-order valence-electron chi connectivity index (χ3n) is 3.07. The van der Waals surface area contributed by atoms with Crippen molar-refractivity contribution in [2.45, 2.75) is 26.0 Å². The maximum absolute atomic E-state index is 6.13. The van der Waals surface area contributed by atoms with Gasteiger partial charge in [0.25, 0.3) is 0 Å². The Morgan fingerprint density at radius 3 is 2.81 bits per heavy atom. The van der Waals surface area contributed by atoms with E-state index < -0.39 is 0 Å². The van der Waals surface area contributed by atoms with Crippen LogP contribution >= 0.6 is 34.5 Å². The molecule has 1 aromatic heterocycles. The van der Waals surface area contributed by atoms with Gasteiger partial charge in [0, 0.05) is 18.2 Å². The largest absolute Gasteiger partial charge is 0.372 e. The Labute approximate surface area is 110 Å². The number of hydrogen-bond acceptors (Lipinski definition) is 3. The smallest absolute Gasteiger partial charge is 0.100 e. The fraction of sp³-hybridized carbons (Fsp3) is 0.636. The van der Waals surface area contributed by atoms with E-state index in [1.54, 1.807) is 0 Å². The molecule has 0 aliphatic carbocycles. The van der Waals surface area contributed by atoms with Crippen molar-refractivity contribution in [1.82, 2.24) is 5.32 Å². The lowest BCUT2D eigenvalue weighted by atomic mass is 10.1. The first-order chi connectivity index (χ1) is 7.58. The molecule has 2 heterocycles. The molecule has 0 spiro atoms. The molecule has 0 aromatic carbocycles. The second kappa shape index (κ2) is 5.23. The van der Waals surface area contributed by atoms with E-state index in [1.807, 2.05) is 6.07 Å². The van der Waals surface area contributed by atoms with Crippen LogP contribution in [-0.4, -0.2) is 19.2 Å². The van der Waals surface area contributed by atoms with Crippen molar-refractivity contribution < 1.29 is 4.74 Å². The first-order valence-electron chi connectivity index (χ1n) is 5.37. The highest BCUT2D eigenvalue weighted by Gasteiger charge is 2.25. The summed E-state index contributed by atoms with van der Waals surface area (Å²) in [4.78, 5) is 0. The van der Waals surface area contributed by atoms with Gasteiger partial charge in [0.15, 0.2) is 0 Å². The lowest BCUT2D eigenvalue weighted by Crippen LogP contribution is -2.32. The molecular weight excluding hydrogens is 265 g/mol. The lowest BCUT2D eigenvalue weighted by Gasteiger charge is -2.15. The standard InChI is InChI=1S/C11H15Cl2NOS/c1-6-5-15-9(4-14-7(6)2)8-3-10(12)16-11(8)13/h3,6-7,9,14H,4-5H2,1-2H3. The third-order valence-corrected chi connectivity index (χ3v) is 4.59. The molecule has 2 rings (SSSR count). The zero-order valence-corrected chi connectivity index (χ0v) is 11.6. The molecule has 0 amide bonds. The van der Waals surface area contributed by atoms with E-state index in [-0.39, 0.29) is 6.10 Å². The van der Waals surface area contributed by atoms with Crippen molar-refractivity contribution in [3.05, 3.63) is 20.3 Å². The quantitative estimate of drug-likeness (QED) is 0.846. The first kappa shape index (κ1) is 12.7. The van der Waals surface area contributed by atoms with Gasteiger partial charge in [0.05, 0.1) is 17.0 Å². The highest BCUT2D eigenvalue weighted by molar-refractivity contribution is 7.20. The highest BCUT2D eigenvalue weighted by atomic mass is 35.5. The minimum Gasteiger partial charge on any atom is -0.372 e. The summed E-state index contributed by atoms with van der Waals surface area (Å²) in [5, 5.41) is 3.46. The average Bonchev–Trinajstić information content (AvgIpc) is 2.47. The van der Waals surface area contributed by atoms with Crippen LogP contribution in [0.5, 0.6) is 0 Å². The van der Waals surface area contributed by atoms with Crippen molar-refractivity contribution in [3.63, 3.8) is 0 Å². The predicted octanol–water partition coefficient (Wildman–Crippen LogP) is 3.74. The van der Waals surface area contributed by atoms with Gasteiger partial charge < -0.3 is 10.1 Å². The van der Waals surface area contributed by atoms with E-state index in [2.05, 4.69) is 19.2 Å². The molecular formula is C11H15Cl2NOS. The van der Waals surface area contributed by atoms with Gasteiger partial charge in [-0.25, -0.2) is 0 Å². The van der Waals surface area contributed by atoms with Crippen LogP contribution in [-0.2, 0) is 4.74 Å². The van der Waals surface area contributed by atoms with E-state index in [4.69, 9.17) is 27.9 Å². The molecule has 1 aliphatic heterocycles. The van der Waals surface area contributed by atoms with Crippen LogP contribution in [0.4, 0.5) is 0 Å². The molecule has 90 valence electrons. The van der Waals surface area contributed by atoms with Crippen LogP contribution in [0.25, 0.3) is 0 Å². The third kappa shape index (κ3) is 2.71. The monoisotopic (exact) mass is 279 g/mol. The predicted molar refractivity (Wildman–Crippen MR) is 69.7 cm³/mol. The van der Waals surface area contributed by atoms with Gasteiger partial charge in [-0.05, 0) is 18.9 Å². The van der Waals surface area contributed by atoms with Crippen LogP contribution in [0.3, 0.4) is 0 Å². The Kier molecular flexibility index (Phi) is 4.14. The molecule has 1 saturated heterocycles. The second-order valence-electron chi connectivity index (χ2n) is 4.28. The molecule has 1 aliphatic rings. The van der Waals surface area contributed by atoms with Crippen molar-refractivity contribution >= 4 is 34.5 Å². The molecule has 0 saturated carbocycles. The van der Waals surface area contributed by atoms with Crippen LogP contribution < -0.4 is 5.32 Å². The molecule has 3 unspecified atom stereocenters. The van der Waals surface area contributed by atoms with Crippen LogP contribution in [0.2, 0.25) is 8.67 Å². The fourth-order valence-electron chi connectivity index (χ4n) is 1.74. The summed E-state index contributed by atoms with van der Waals surface area (Å²) >= 11 is 13.5. The molecule has 16 heavy (non-hydrogen) atoms. The van der Waals surface area contributed by atoms with Gasteiger partial charge >= 0.3 is 0 Å². The number of rotatable bonds is 1. The van der Waals surface area contributed by atoms with Crippen LogP contribution in [0.15, 0.2) is 6.07 Å². The Morgan fingerprint density at radius 2 is 2.19 bits per heavy atom. The topological polar surface area (TPSA) is 21.3 Å². The number of ether oxygens (including phenoxy) is 1. The van der Waals surface area contributed by atoms with Crippen LogP contribution in [0, 0.1) is 5.92 Å². The summed E-state index contributed by atoms with van der Waals surface area (Å²) in [7, 11) is 0. The molecule has 1 N–H and O–H groups in total. The molecule has 0 bridgehead atoms. The Morgan fingerprint density at radius 1 is 1.44 bits per heavy atom. The van der Waals surface area contributed by atoms with Gasteiger partial charge in [-0.3, -0.25) is 0 Å². The number of halogens is 2. The Bertz CT molecular complexity index is 357. The van der Waals surface area contributed by atoms with Crippen LogP contribution in [0.1, 0.15) is 25.5 Å². The fourth-order valence-corrected chi connectivity index (χ4v) is 3.30. The van der Waals surface area contributed by atoms with Gasteiger partial charge in [-0.15, -0.1) is 11.3 Å². The molecule has 2 nitrogen and oxygen atoms in total. The van der Waals surface area contributed by atoms with E-state index in [9.17, 15) is 0 Å². The van der Waals surface area contributed by atoms with Crippen molar-refractivity contribution in [2.24, 2.45) is 5.92 Å². The number of hydrogen-bond donors (Lipinski definition) is 1. The zero-order valence-electron chi connectivity index (χ0n) is 9.30. The summed E-state index contributed by atoms with van der Waals surface area (Å²) in [6.45, 7) is 5.90. The summed E-state index contributed by atoms with van der Waals surface area (Å²) in [6, 6.07) is 2.37. The van der Waals surface area contributed by atoms with Gasteiger partial charge in [0.1, 0.15) is 4.34 Å². The number of thiophene rings is 1. The first-order valence-corrected chi connectivity index (χ1v) is 6.95. The maximum atomic E-state index is 6.13. The number of nitrogens with one attached hydrogen (secondary N) is 1. The Hall–Kier alpha value is 0.200. The average molecular weight is 280 g/mol. The zero-order chi connectivity index (χ0) is 11.7. The molecule has 1 aromatic rings. The van der Waals surface area contributed by atoms with E-state index in [0.717, 1.165) is 23.1 Å². The molecule has 0 radical (unpaired) electrons. The van der Waals surface area contributed by atoms with Crippen molar-refractivity contribution in [2.75, 3.05) is 13.2 Å². The summed E-state index contributed by atoms with van der Waals surface area (Å²) < 4.78 is 7.32. The maximum Gasteiger partial charge on any atom is 0.100 e. The van der Waals surface area contributed by atoms with Gasteiger partial charge in [-0.1, -0.05) is 30.1 Å². The van der Waals surface area contributed by atoms with E-state index >= 15 is 0 Å². The summed E-state index contributed by atoms with van der Waals surface area (Å²) in [6.07, 6.45) is 0.0173. The molecule has 5 heteroatoms.